The number of esters is 1. The summed E-state index contributed by atoms with van der Waals surface area (Å²) in [7, 11) is 0. The monoisotopic (exact) mass is 465 g/mol. The van der Waals surface area contributed by atoms with E-state index in [1.54, 1.807) is 25.1 Å². The number of rotatable bonds is 5. The third-order valence-electron chi connectivity index (χ3n) is 6.33. The molecule has 0 radical (unpaired) electrons. The molecule has 9 heteroatoms. The van der Waals surface area contributed by atoms with Crippen LogP contribution in [0.2, 0.25) is 0 Å². The zero-order chi connectivity index (χ0) is 23.6. The van der Waals surface area contributed by atoms with Crippen molar-refractivity contribution < 1.29 is 27.1 Å². The highest BCUT2D eigenvalue weighted by molar-refractivity contribution is 5.89. The van der Waals surface area contributed by atoms with Gasteiger partial charge in [0.25, 0.3) is 0 Å². The molecule has 0 spiro atoms. The Morgan fingerprint density at radius 3 is 2.73 bits per heavy atom. The van der Waals surface area contributed by atoms with Crippen molar-refractivity contribution >= 4 is 5.97 Å². The molecule has 2 aliphatic rings. The number of aromatic nitrogens is 1. The average Bonchev–Trinajstić information content (AvgIpc) is 2.78. The number of nitrogens with zero attached hydrogens (tertiary/aromatic N) is 2. The number of alkyl halides is 3. The highest BCUT2D eigenvalue weighted by Crippen LogP contribution is 2.33. The van der Waals surface area contributed by atoms with E-state index in [0.29, 0.717) is 44.7 Å². The summed E-state index contributed by atoms with van der Waals surface area (Å²) in [4.78, 5) is 19.1. The number of carbonyl (C=O) groups excluding carboxylic acids is 1. The van der Waals surface area contributed by atoms with Gasteiger partial charge in [0, 0.05) is 19.6 Å². The Balaban J connectivity index is 1.58. The zero-order valence-corrected chi connectivity index (χ0v) is 18.4. The number of ether oxygens (including phenoxy) is 1. The quantitative estimate of drug-likeness (QED) is 0.526. The third kappa shape index (κ3) is 5.52. The Labute approximate surface area is 190 Å². The molecule has 1 fully saturated rings. The Bertz CT molecular complexity index is 994. The second kappa shape index (κ2) is 9.77. The molecule has 0 bridgehead atoms. The maximum absolute atomic E-state index is 13.5. The van der Waals surface area contributed by atoms with Crippen molar-refractivity contribution in [2.24, 2.45) is 5.92 Å². The molecule has 178 valence electrons. The Kier molecular flexibility index (Phi) is 6.99. The van der Waals surface area contributed by atoms with Gasteiger partial charge in [0.2, 0.25) is 0 Å². The molecule has 0 amide bonds. The summed E-state index contributed by atoms with van der Waals surface area (Å²) in [6.45, 7) is 3.95. The smallest absolute Gasteiger partial charge is 0.403 e. The molecule has 33 heavy (non-hydrogen) atoms. The van der Waals surface area contributed by atoms with E-state index in [2.05, 4.69) is 15.2 Å². The molecule has 5 nitrogen and oxygen atoms in total. The number of carbonyl (C=O) groups is 1. The van der Waals surface area contributed by atoms with Crippen LogP contribution >= 0.6 is 0 Å². The first kappa shape index (κ1) is 23.6. The molecule has 2 unspecified atom stereocenters. The summed E-state index contributed by atoms with van der Waals surface area (Å²) < 4.78 is 58.0. The van der Waals surface area contributed by atoms with E-state index < -0.39 is 18.2 Å². The van der Waals surface area contributed by atoms with Crippen LogP contribution < -0.4 is 5.32 Å². The van der Waals surface area contributed by atoms with E-state index in [1.807, 2.05) is 0 Å². The molecule has 0 aliphatic carbocycles. The van der Waals surface area contributed by atoms with Crippen molar-refractivity contribution in [2.75, 3.05) is 26.2 Å². The third-order valence-corrected chi connectivity index (χ3v) is 6.33. The van der Waals surface area contributed by atoms with E-state index in [9.17, 15) is 22.4 Å². The normalized spacial score (nSPS) is 21.5. The van der Waals surface area contributed by atoms with Gasteiger partial charge in [-0.3, -0.25) is 4.90 Å². The van der Waals surface area contributed by atoms with E-state index in [4.69, 9.17) is 4.74 Å². The first-order valence-electron chi connectivity index (χ1n) is 11.2. The SMILES string of the molecule is CCOC(=O)c1cc(-c2ccc(F)cc2)c2c(n1)CN(CC1CCNC(C(F)(F)F)C1)CC2. The van der Waals surface area contributed by atoms with Crippen LogP contribution in [-0.4, -0.2) is 54.3 Å². The minimum Gasteiger partial charge on any atom is -0.461 e. The topological polar surface area (TPSA) is 54.5 Å². The number of pyridine rings is 1. The largest absolute Gasteiger partial charge is 0.461 e. The number of hydrogen-bond donors (Lipinski definition) is 1. The van der Waals surface area contributed by atoms with Crippen molar-refractivity contribution in [2.45, 2.75) is 44.9 Å². The minimum atomic E-state index is -4.24. The Morgan fingerprint density at radius 2 is 2.03 bits per heavy atom. The predicted molar refractivity (Wildman–Crippen MR) is 115 cm³/mol. The number of fused-ring (bicyclic) bond motifs is 1. The molecular formula is C24H27F4N3O2. The van der Waals surface area contributed by atoms with Crippen LogP contribution in [0.5, 0.6) is 0 Å². The minimum absolute atomic E-state index is 0.0595. The summed E-state index contributed by atoms with van der Waals surface area (Å²) in [6.07, 6.45) is -2.85. The lowest BCUT2D eigenvalue weighted by Crippen LogP contribution is -2.49. The summed E-state index contributed by atoms with van der Waals surface area (Å²) in [5.41, 5.74) is 3.45. The number of halogens is 4. The number of hydrogen-bond acceptors (Lipinski definition) is 5. The van der Waals surface area contributed by atoms with Gasteiger partial charge in [0.15, 0.2) is 0 Å². The molecule has 3 heterocycles. The standard InChI is InChI=1S/C24H27F4N3O2/c1-2-33-23(32)20-12-19(16-3-5-17(25)6-4-16)18-8-10-31(14-21(18)30-20)13-15-7-9-29-22(11-15)24(26,27)28/h3-6,12,15,22,29H,2,7-11,13-14H2,1H3. The van der Waals surface area contributed by atoms with E-state index >= 15 is 0 Å². The highest BCUT2D eigenvalue weighted by atomic mass is 19.4. The number of benzene rings is 1. The van der Waals surface area contributed by atoms with E-state index in [1.165, 1.54) is 12.1 Å². The predicted octanol–water partition coefficient (Wildman–Crippen LogP) is 4.35. The maximum atomic E-state index is 13.5. The van der Waals surface area contributed by atoms with E-state index in [-0.39, 0.29) is 30.5 Å². The van der Waals surface area contributed by atoms with Crippen molar-refractivity contribution in [3.05, 3.63) is 53.1 Å². The van der Waals surface area contributed by atoms with Crippen molar-refractivity contribution in [3.63, 3.8) is 0 Å². The second-order valence-electron chi connectivity index (χ2n) is 8.63. The molecule has 1 aromatic carbocycles. The molecule has 2 atom stereocenters. The molecule has 1 aromatic heterocycles. The van der Waals surface area contributed by atoms with Gasteiger partial charge in [-0.2, -0.15) is 13.2 Å². The van der Waals surface area contributed by atoms with Gasteiger partial charge in [-0.25, -0.2) is 14.2 Å². The number of nitrogens with one attached hydrogen (secondary N) is 1. The molecule has 2 aliphatic heterocycles. The first-order chi connectivity index (χ1) is 15.7. The van der Waals surface area contributed by atoms with Gasteiger partial charge in [-0.05, 0) is 73.5 Å². The van der Waals surface area contributed by atoms with Gasteiger partial charge in [-0.1, -0.05) is 12.1 Å². The Morgan fingerprint density at radius 1 is 1.27 bits per heavy atom. The van der Waals surface area contributed by atoms with Gasteiger partial charge >= 0.3 is 12.1 Å². The van der Waals surface area contributed by atoms with Gasteiger partial charge in [-0.15, -0.1) is 0 Å². The summed E-state index contributed by atoms with van der Waals surface area (Å²) >= 11 is 0. The van der Waals surface area contributed by atoms with Crippen LogP contribution in [-0.2, 0) is 17.7 Å². The molecule has 1 saturated heterocycles. The van der Waals surface area contributed by atoms with Crippen LogP contribution in [0.1, 0.15) is 41.5 Å². The second-order valence-corrected chi connectivity index (χ2v) is 8.63. The van der Waals surface area contributed by atoms with Crippen LogP contribution in [0.4, 0.5) is 17.6 Å². The van der Waals surface area contributed by atoms with Crippen molar-refractivity contribution in [1.82, 2.24) is 15.2 Å². The fraction of sp³-hybridized carbons (Fsp3) is 0.500. The molecule has 2 aromatic rings. The molecule has 0 saturated carbocycles. The van der Waals surface area contributed by atoms with Crippen LogP contribution in [0.15, 0.2) is 30.3 Å². The van der Waals surface area contributed by atoms with Gasteiger partial charge in [0.1, 0.15) is 17.6 Å². The van der Waals surface area contributed by atoms with Crippen LogP contribution in [0, 0.1) is 11.7 Å². The van der Waals surface area contributed by atoms with Crippen LogP contribution in [0.3, 0.4) is 0 Å². The summed E-state index contributed by atoms with van der Waals surface area (Å²) in [5, 5.41) is 2.57. The number of piperidine rings is 1. The fourth-order valence-electron chi connectivity index (χ4n) is 4.72. The first-order valence-corrected chi connectivity index (χ1v) is 11.2. The van der Waals surface area contributed by atoms with Crippen LogP contribution in [0.25, 0.3) is 11.1 Å². The lowest BCUT2D eigenvalue weighted by atomic mass is 9.89. The summed E-state index contributed by atoms with van der Waals surface area (Å²) in [6, 6.07) is 6.29. The zero-order valence-electron chi connectivity index (χ0n) is 18.4. The molecule has 4 rings (SSSR count). The Hall–Kier alpha value is -2.52. The summed E-state index contributed by atoms with van der Waals surface area (Å²) in [5.74, 6) is -0.950. The lowest BCUT2D eigenvalue weighted by molar-refractivity contribution is -0.164. The van der Waals surface area contributed by atoms with Gasteiger partial charge < -0.3 is 10.1 Å². The maximum Gasteiger partial charge on any atom is 0.403 e. The average molecular weight is 465 g/mol. The van der Waals surface area contributed by atoms with Gasteiger partial charge in [0.05, 0.1) is 12.3 Å². The van der Waals surface area contributed by atoms with Crippen molar-refractivity contribution in [1.29, 1.82) is 0 Å². The fourth-order valence-corrected chi connectivity index (χ4v) is 4.72. The molecule has 1 N–H and O–H groups in total. The lowest BCUT2D eigenvalue weighted by Gasteiger charge is -2.36. The van der Waals surface area contributed by atoms with E-state index in [0.717, 1.165) is 16.7 Å². The van der Waals surface area contributed by atoms with Crippen molar-refractivity contribution in [3.8, 4) is 11.1 Å². The molecular weight excluding hydrogens is 438 g/mol. The highest BCUT2D eigenvalue weighted by Gasteiger charge is 2.42.